The highest BCUT2D eigenvalue weighted by atomic mass is 35.5. The summed E-state index contributed by atoms with van der Waals surface area (Å²) in [6.07, 6.45) is 0. The Labute approximate surface area is 167 Å². The van der Waals surface area contributed by atoms with E-state index >= 15 is 0 Å². The molecule has 1 aromatic heterocycles. The fraction of sp³-hybridized carbons (Fsp3) is 0.130. The van der Waals surface area contributed by atoms with Crippen molar-refractivity contribution in [1.29, 1.82) is 0 Å². The SMILES string of the molecule is Cc1cccc(Cn2c(=O)n(Cc3cccc(Cl)c3)c(=O)c3ccccc32)c1. The van der Waals surface area contributed by atoms with Crippen molar-refractivity contribution in [3.8, 4) is 0 Å². The molecule has 0 aliphatic carbocycles. The van der Waals surface area contributed by atoms with Crippen LogP contribution in [0.3, 0.4) is 0 Å². The van der Waals surface area contributed by atoms with Crippen LogP contribution >= 0.6 is 11.6 Å². The molecule has 4 rings (SSSR count). The summed E-state index contributed by atoms with van der Waals surface area (Å²) in [4.78, 5) is 26.3. The topological polar surface area (TPSA) is 44.0 Å². The van der Waals surface area contributed by atoms with E-state index in [1.165, 1.54) is 4.57 Å². The van der Waals surface area contributed by atoms with E-state index in [-0.39, 0.29) is 17.8 Å². The number of aryl methyl sites for hydroxylation is 1. The summed E-state index contributed by atoms with van der Waals surface area (Å²) in [6.45, 7) is 2.60. The highest BCUT2D eigenvalue weighted by molar-refractivity contribution is 6.30. The highest BCUT2D eigenvalue weighted by Gasteiger charge is 2.13. The van der Waals surface area contributed by atoms with E-state index in [1.54, 1.807) is 22.8 Å². The lowest BCUT2D eigenvalue weighted by Gasteiger charge is -2.15. The van der Waals surface area contributed by atoms with E-state index in [0.29, 0.717) is 22.5 Å². The van der Waals surface area contributed by atoms with Gasteiger partial charge in [0.05, 0.1) is 24.0 Å². The lowest BCUT2D eigenvalue weighted by Crippen LogP contribution is -2.40. The van der Waals surface area contributed by atoms with Crippen LogP contribution in [0.4, 0.5) is 0 Å². The second-order valence-corrected chi connectivity index (χ2v) is 7.33. The number of nitrogens with zero attached hydrogens (tertiary/aromatic N) is 2. The molecular formula is C23H19ClN2O2. The van der Waals surface area contributed by atoms with Crippen LogP contribution in [0.25, 0.3) is 10.9 Å². The fourth-order valence-corrected chi connectivity index (χ4v) is 3.69. The van der Waals surface area contributed by atoms with Crippen molar-refractivity contribution in [2.75, 3.05) is 0 Å². The van der Waals surface area contributed by atoms with Crippen molar-refractivity contribution in [3.05, 3.63) is 115 Å². The average molecular weight is 391 g/mol. The van der Waals surface area contributed by atoms with E-state index < -0.39 is 0 Å². The number of halogens is 1. The van der Waals surface area contributed by atoms with Crippen molar-refractivity contribution in [3.63, 3.8) is 0 Å². The third kappa shape index (κ3) is 3.51. The van der Waals surface area contributed by atoms with Gasteiger partial charge in [0.1, 0.15) is 0 Å². The molecule has 3 aromatic carbocycles. The van der Waals surface area contributed by atoms with Gasteiger partial charge in [-0.3, -0.25) is 13.9 Å². The van der Waals surface area contributed by atoms with Gasteiger partial charge in [-0.05, 0) is 42.3 Å². The Morgan fingerprint density at radius 1 is 0.786 bits per heavy atom. The maximum Gasteiger partial charge on any atom is 0.332 e. The van der Waals surface area contributed by atoms with Gasteiger partial charge >= 0.3 is 5.69 Å². The van der Waals surface area contributed by atoms with Gasteiger partial charge in [0.25, 0.3) is 5.56 Å². The van der Waals surface area contributed by atoms with Crippen molar-refractivity contribution < 1.29 is 0 Å². The predicted octanol–water partition coefficient (Wildman–Crippen LogP) is 4.22. The molecular weight excluding hydrogens is 372 g/mol. The Hall–Kier alpha value is -3.11. The lowest BCUT2D eigenvalue weighted by atomic mass is 10.1. The molecule has 4 nitrogen and oxygen atoms in total. The molecule has 1 heterocycles. The first-order valence-corrected chi connectivity index (χ1v) is 9.43. The number of hydrogen-bond acceptors (Lipinski definition) is 2. The molecule has 0 aliphatic heterocycles. The van der Waals surface area contributed by atoms with Crippen LogP contribution in [0.2, 0.25) is 5.02 Å². The zero-order chi connectivity index (χ0) is 19.7. The minimum Gasteiger partial charge on any atom is -0.289 e. The van der Waals surface area contributed by atoms with Crippen LogP contribution in [0.5, 0.6) is 0 Å². The van der Waals surface area contributed by atoms with E-state index in [2.05, 4.69) is 0 Å². The molecule has 0 radical (unpaired) electrons. The second kappa shape index (κ2) is 7.49. The maximum absolute atomic E-state index is 13.3. The van der Waals surface area contributed by atoms with E-state index in [9.17, 15) is 9.59 Å². The number of benzene rings is 3. The minimum absolute atomic E-state index is 0.177. The van der Waals surface area contributed by atoms with Gasteiger partial charge in [-0.25, -0.2) is 4.79 Å². The highest BCUT2D eigenvalue weighted by Crippen LogP contribution is 2.14. The first-order valence-electron chi connectivity index (χ1n) is 9.05. The van der Waals surface area contributed by atoms with Gasteiger partial charge < -0.3 is 0 Å². The predicted molar refractivity (Wildman–Crippen MR) is 113 cm³/mol. The fourth-order valence-electron chi connectivity index (χ4n) is 3.47. The van der Waals surface area contributed by atoms with Crippen molar-refractivity contribution >= 4 is 22.5 Å². The summed E-state index contributed by atoms with van der Waals surface area (Å²) in [6, 6.07) is 22.5. The summed E-state index contributed by atoms with van der Waals surface area (Å²) in [5, 5.41) is 1.10. The van der Waals surface area contributed by atoms with Crippen LogP contribution < -0.4 is 11.2 Å². The van der Waals surface area contributed by atoms with E-state index in [4.69, 9.17) is 11.6 Å². The molecule has 28 heavy (non-hydrogen) atoms. The summed E-state index contributed by atoms with van der Waals surface area (Å²) in [7, 11) is 0. The first-order chi connectivity index (χ1) is 13.5. The van der Waals surface area contributed by atoms with Crippen molar-refractivity contribution in [2.45, 2.75) is 20.0 Å². The quantitative estimate of drug-likeness (QED) is 0.523. The molecule has 0 N–H and O–H groups in total. The molecule has 0 fully saturated rings. The maximum atomic E-state index is 13.3. The number of rotatable bonds is 4. The Bertz CT molecular complexity index is 1290. The number of fused-ring (bicyclic) bond motifs is 1. The number of hydrogen-bond donors (Lipinski definition) is 0. The first kappa shape index (κ1) is 18.3. The molecule has 0 spiro atoms. The summed E-state index contributed by atoms with van der Waals surface area (Å²) < 4.78 is 2.94. The second-order valence-electron chi connectivity index (χ2n) is 6.90. The molecule has 0 saturated heterocycles. The van der Waals surface area contributed by atoms with Gasteiger partial charge in [0, 0.05) is 5.02 Å². The Morgan fingerprint density at radius 3 is 2.21 bits per heavy atom. The normalized spacial score (nSPS) is 11.1. The molecule has 0 bridgehead atoms. The Balaban J connectivity index is 1.91. The molecule has 5 heteroatoms. The molecule has 140 valence electrons. The van der Waals surface area contributed by atoms with Crippen LogP contribution in [-0.4, -0.2) is 9.13 Å². The van der Waals surface area contributed by atoms with Gasteiger partial charge in [0.15, 0.2) is 0 Å². The molecule has 0 aliphatic rings. The van der Waals surface area contributed by atoms with Gasteiger partial charge in [-0.1, -0.05) is 65.7 Å². The summed E-state index contributed by atoms with van der Waals surface area (Å²) in [5.74, 6) is 0. The van der Waals surface area contributed by atoms with Crippen LogP contribution in [0.15, 0.2) is 82.4 Å². The monoisotopic (exact) mass is 390 g/mol. The molecule has 4 aromatic rings. The summed E-state index contributed by atoms with van der Waals surface area (Å²) in [5.41, 5.74) is 2.97. The molecule has 0 saturated carbocycles. The van der Waals surface area contributed by atoms with Crippen LogP contribution in [0.1, 0.15) is 16.7 Å². The average Bonchev–Trinajstić information content (AvgIpc) is 2.69. The van der Waals surface area contributed by atoms with Crippen LogP contribution in [0, 0.1) is 6.92 Å². The van der Waals surface area contributed by atoms with Crippen molar-refractivity contribution in [1.82, 2.24) is 9.13 Å². The number of aromatic nitrogens is 2. The standard InChI is InChI=1S/C23H19ClN2O2/c1-16-6-4-7-17(12-16)14-25-21-11-3-2-10-20(21)22(27)26(23(25)28)15-18-8-5-9-19(24)13-18/h2-13H,14-15H2,1H3. The molecule has 0 amide bonds. The lowest BCUT2D eigenvalue weighted by molar-refractivity contribution is 0.635. The largest absolute Gasteiger partial charge is 0.332 e. The van der Waals surface area contributed by atoms with E-state index in [1.807, 2.05) is 61.5 Å². The van der Waals surface area contributed by atoms with Crippen molar-refractivity contribution in [2.24, 2.45) is 0 Å². The third-order valence-corrected chi connectivity index (χ3v) is 5.02. The molecule has 0 atom stereocenters. The smallest absolute Gasteiger partial charge is 0.289 e. The zero-order valence-corrected chi connectivity index (χ0v) is 16.2. The minimum atomic E-state index is -0.329. The molecule has 0 unspecified atom stereocenters. The Kier molecular flexibility index (Phi) is 4.88. The van der Waals surface area contributed by atoms with Gasteiger partial charge in [0.2, 0.25) is 0 Å². The van der Waals surface area contributed by atoms with Gasteiger partial charge in [-0.2, -0.15) is 0 Å². The summed E-state index contributed by atoms with van der Waals surface area (Å²) >= 11 is 6.07. The Morgan fingerprint density at radius 2 is 1.46 bits per heavy atom. The van der Waals surface area contributed by atoms with Gasteiger partial charge in [-0.15, -0.1) is 0 Å². The number of para-hydroxylation sites is 1. The zero-order valence-electron chi connectivity index (χ0n) is 15.4. The van der Waals surface area contributed by atoms with Crippen LogP contribution in [-0.2, 0) is 13.1 Å². The van der Waals surface area contributed by atoms with E-state index in [0.717, 1.165) is 16.7 Å². The third-order valence-electron chi connectivity index (χ3n) is 4.79.